The van der Waals surface area contributed by atoms with Crippen LogP contribution in [0.25, 0.3) is 0 Å². The Balaban J connectivity index is 2.51. The molecule has 2 rings (SSSR count). The monoisotopic (exact) mass is 496 g/mol. The number of thiophene rings is 1. The predicted octanol–water partition coefficient (Wildman–Crippen LogP) is 3.49. The number of primary amides is 1. The van der Waals surface area contributed by atoms with E-state index in [1.54, 1.807) is 13.8 Å². The first-order valence-corrected chi connectivity index (χ1v) is 9.61. The fourth-order valence-corrected chi connectivity index (χ4v) is 4.23. The van der Waals surface area contributed by atoms with E-state index in [2.05, 4.69) is 26.3 Å². The average Bonchev–Trinajstić information content (AvgIpc) is 3.03. The van der Waals surface area contributed by atoms with Gasteiger partial charge in [-0.15, -0.1) is 11.3 Å². The van der Waals surface area contributed by atoms with Crippen molar-refractivity contribution < 1.29 is 32.3 Å². The van der Waals surface area contributed by atoms with Crippen LogP contribution in [0.2, 0.25) is 0 Å². The second-order valence-electron chi connectivity index (χ2n) is 6.17. The molecule has 0 radical (unpaired) electrons. The summed E-state index contributed by atoms with van der Waals surface area (Å²) in [6.45, 7) is 4.67. The summed E-state index contributed by atoms with van der Waals surface area (Å²) in [5.74, 6) is -2.61. The van der Waals surface area contributed by atoms with Gasteiger partial charge in [0.1, 0.15) is 10.7 Å². The maximum Gasteiger partial charge on any atom is 0.436 e. The van der Waals surface area contributed by atoms with Gasteiger partial charge in [0.2, 0.25) is 0 Å². The lowest BCUT2D eigenvalue weighted by Gasteiger charge is -2.10. The van der Waals surface area contributed by atoms with Crippen molar-refractivity contribution in [3.05, 3.63) is 31.9 Å². The van der Waals surface area contributed by atoms with Crippen LogP contribution in [0, 0.1) is 6.92 Å². The Hall–Kier alpha value is -2.41. The van der Waals surface area contributed by atoms with E-state index < -0.39 is 45.9 Å². The van der Waals surface area contributed by atoms with Crippen LogP contribution in [-0.4, -0.2) is 33.7 Å². The molecule has 0 bridgehead atoms. The number of nitrogens with zero attached hydrogens (tertiary/aromatic N) is 2. The zero-order valence-electron chi connectivity index (χ0n) is 15.6. The van der Waals surface area contributed by atoms with Gasteiger partial charge in [-0.05, 0) is 42.3 Å². The van der Waals surface area contributed by atoms with E-state index in [0.29, 0.717) is 0 Å². The number of amides is 2. The Morgan fingerprint density at radius 3 is 2.34 bits per heavy atom. The zero-order valence-corrected chi connectivity index (χ0v) is 18.0. The molecule has 0 aliphatic heterocycles. The summed E-state index contributed by atoms with van der Waals surface area (Å²) in [5, 5.41) is 5.59. The summed E-state index contributed by atoms with van der Waals surface area (Å²) >= 11 is 3.47. The van der Waals surface area contributed by atoms with Gasteiger partial charge >= 0.3 is 12.1 Å². The van der Waals surface area contributed by atoms with Gasteiger partial charge in [0.25, 0.3) is 11.8 Å². The van der Waals surface area contributed by atoms with Crippen LogP contribution in [0.15, 0.2) is 4.47 Å². The van der Waals surface area contributed by atoms with Crippen molar-refractivity contribution in [2.45, 2.75) is 33.1 Å². The summed E-state index contributed by atoms with van der Waals surface area (Å²) < 4.78 is 44.4. The van der Waals surface area contributed by atoms with E-state index in [0.717, 1.165) is 23.1 Å². The molecule has 3 N–H and O–H groups in total. The fourth-order valence-electron chi connectivity index (χ4n) is 2.44. The molecule has 2 aromatic rings. The highest BCUT2D eigenvalue weighted by Gasteiger charge is 2.39. The summed E-state index contributed by atoms with van der Waals surface area (Å²) in [4.78, 5) is 36.7. The Morgan fingerprint density at radius 1 is 1.31 bits per heavy atom. The first-order chi connectivity index (χ1) is 13.3. The molecule has 2 aromatic heterocycles. The van der Waals surface area contributed by atoms with Gasteiger partial charge in [-0.2, -0.15) is 18.3 Å². The van der Waals surface area contributed by atoms with Gasteiger partial charge in [0.15, 0.2) is 5.69 Å². The molecule has 0 saturated carbocycles. The number of aryl methyl sites for hydroxylation is 1. The molecule has 29 heavy (non-hydrogen) atoms. The molecule has 0 spiro atoms. The third kappa shape index (κ3) is 4.61. The fraction of sp³-hybridized carbons (Fsp3) is 0.375. The highest BCUT2D eigenvalue weighted by atomic mass is 79.9. The molecule has 8 nitrogen and oxygen atoms in total. The number of hydrogen-bond donors (Lipinski definition) is 2. The average molecular weight is 497 g/mol. The summed E-state index contributed by atoms with van der Waals surface area (Å²) in [7, 11) is 1.16. The third-order valence-corrected chi connectivity index (χ3v) is 5.59. The second kappa shape index (κ2) is 8.14. The molecule has 0 atom stereocenters. The van der Waals surface area contributed by atoms with Crippen molar-refractivity contribution >= 4 is 50.1 Å². The molecule has 0 aliphatic carbocycles. The van der Waals surface area contributed by atoms with Crippen molar-refractivity contribution in [1.82, 2.24) is 9.78 Å². The van der Waals surface area contributed by atoms with Crippen molar-refractivity contribution in [2.24, 2.45) is 12.8 Å². The molecular formula is C16H16BrF3N4O4S. The minimum atomic E-state index is -4.78. The van der Waals surface area contributed by atoms with E-state index in [1.807, 2.05) is 0 Å². The lowest BCUT2D eigenvalue weighted by molar-refractivity contribution is -0.142. The van der Waals surface area contributed by atoms with E-state index in [1.165, 1.54) is 6.92 Å². The Kier molecular flexibility index (Phi) is 6.42. The third-order valence-electron chi connectivity index (χ3n) is 3.62. The molecule has 0 saturated heterocycles. The lowest BCUT2D eigenvalue weighted by atomic mass is 10.1. The number of carbonyl (C=O) groups excluding carboxylic acids is 3. The standard InChI is InChI=1S/C16H16BrF3N4O4S/c1-5(2)28-15(27)7-6(3)10(12(21)25)29-14(7)22-13(26)9-8(17)11(16(18,19)20)23-24(9)4/h5H,1-4H3,(H2,21,25)(H,22,26). The molecular weight excluding hydrogens is 481 g/mol. The number of nitrogens with two attached hydrogens (primary N) is 1. The van der Waals surface area contributed by atoms with E-state index in [-0.39, 0.29) is 21.0 Å². The molecule has 0 fully saturated rings. The molecule has 0 aromatic carbocycles. The minimum absolute atomic E-state index is 0.0102. The van der Waals surface area contributed by atoms with Gasteiger partial charge in [0.05, 0.1) is 21.0 Å². The van der Waals surface area contributed by atoms with Gasteiger partial charge < -0.3 is 15.8 Å². The molecule has 0 unspecified atom stereocenters. The highest BCUT2D eigenvalue weighted by molar-refractivity contribution is 9.10. The van der Waals surface area contributed by atoms with Gasteiger partial charge in [-0.3, -0.25) is 14.3 Å². The Morgan fingerprint density at radius 2 is 1.90 bits per heavy atom. The number of halogens is 4. The van der Waals surface area contributed by atoms with Crippen molar-refractivity contribution in [1.29, 1.82) is 0 Å². The number of nitrogens with one attached hydrogen (secondary N) is 1. The van der Waals surface area contributed by atoms with Crippen LogP contribution >= 0.6 is 27.3 Å². The first-order valence-electron chi connectivity index (χ1n) is 8.00. The maximum atomic E-state index is 13.0. The molecule has 2 amide bonds. The topological polar surface area (TPSA) is 116 Å². The number of aromatic nitrogens is 2. The van der Waals surface area contributed by atoms with Crippen LogP contribution in [0.1, 0.15) is 55.6 Å². The molecule has 13 heteroatoms. The summed E-state index contributed by atoms with van der Waals surface area (Å²) in [6.07, 6.45) is -5.26. The largest absolute Gasteiger partial charge is 0.459 e. The predicted molar refractivity (Wildman–Crippen MR) is 102 cm³/mol. The van der Waals surface area contributed by atoms with E-state index in [4.69, 9.17) is 10.5 Å². The summed E-state index contributed by atoms with van der Waals surface area (Å²) in [6, 6.07) is 0. The SMILES string of the molecule is Cc1c(C(N)=O)sc(NC(=O)c2c(Br)c(C(F)(F)F)nn2C)c1C(=O)OC(C)C. The molecule has 0 aliphatic rings. The number of hydrogen-bond acceptors (Lipinski definition) is 6. The maximum absolute atomic E-state index is 13.0. The van der Waals surface area contributed by atoms with Crippen molar-refractivity contribution in [3.8, 4) is 0 Å². The van der Waals surface area contributed by atoms with Crippen LogP contribution in [0.4, 0.5) is 18.2 Å². The Labute approximate surface area is 175 Å². The molecule has 2 heterocycles. The van der Waals surface area contributed by atoms with Crippen LogP contribution in [0.5, 0.6) is 0 Å². The first kappa shape index (κ1) is 22.9. The highest BCUT2D eigenvalue weighted by Crippen LogP contribution is 2.37. The van der Waals surface area contributed by atoms with Crippen molar-refractivity contribution in [3.63, 3.8) is 0 Å². The number of rotatable bonds is 5. The number of alkyl halides is 3. The van der Waals surface area contributed by atoms with Gasteiger partial charge in [0, 0.05) is 7.05 Å². The van der Waals surface area contributed by atoms with Crippen molar-refractivity contribution in [2.75, 3.05) is 5.32 Å². The Bertz CT molecular complexity index is 997. The number of ether oxygens (including phenoxy) is 1. The quantitative estimate of drug-likeness (QED) is 0.614. The minimum Gasteiger partial charge on any atom is -0.459 e. The lowest BCUT2D eigenvalue weighted by Crippen LogP contribution is -2.19. The normalized spacial score (nSPS) is 11.6. The molecule has 158 valence electrons. The van der Waals surface area contributed by atoms with Gasteiger partial charge in [-0.1, -0.05) is 0 Å². The van der Waals surface area contributed by atoms with Crippen LogP contribution in [0.3, 0.4) is 0 Å². The van der Waals surface area contributed by atoms with Crippen LogP contribution < -0.4 is 11.1 Å². The van der Waals surface area contributed by atoms with Crippen LogP contribution in [-0.2, 0) is 18.0 Å². The van der Waals surface area contributed by atoms with E-state index >= 15 is 0 Å². The van der Waals surface area contributed by atoms with Gasteiger partial charge in [-0.25, -0.2) is 4.79 Å². The summed E-state index contributed by atoms with van der Waals surface area (Å²) in [5.41, 5.74) is 3.70. The van der Waals surface area contributed by atoms with E-state index in [9.17, 15) is 27.6 Å². The smallest absolute Gasteiger partial charge is 0.436 e. The number of anilines is 1. The number of carbonyl (C=O) groups is 3. The second-order valence-corrected chi connectivity index (χ2v) is 7.98. The number of esters is 1. The zero-order chi connectivity index (χ0) is 22.3.